The van der Waals surface area contributed by atoms with Crippen molar-refractivity contribution in [2.75, 3.05) is 5.73 Å². The van der Waals surface area contributed by atoms with Gasteiger partial charge >= 0.3 is 5.97 Å². The summed E-state index contributed by atoms with van der Waals surface area (Å²) in [6.07, 6.45) is 0.741. The number of nitrogens with two attached hydrogens (primary N) is 1. The SMILES string of the molecule is CCc1nn(CC)c(COC(=O)c2sccc2N)c1Cl. The quantitative estimate of drug-likeness (QED) is 0.861. The Morgan fingerprint density at radius 1 is 1.55 bits per heavy atom. The van der Waals surface area contributed by atoms with Crippen LogP contribution in [0.5, 0.6) is 0 Å². The Morgan fingerprint density at radius 3 is 2.85 bits per heavy atom. The Kier molecular flexibility index (Phi) is 4.67. The molecule has 20 heavy (non-hydrogen) atoms. The molecule has 2 N–H and O–H groups in total. The minimum Gasteiger partial charge on any atom is -0.455 e. The molecule has 5 nitrogen and oxygen atoms in total. The van der Waals surface area contributed by atoms with Crippen LogP contribution in [0.1, 0.15) is 34.9 Å². The summed E-state index contributed by atoms with van der Waals surface area (Å²) in [5.41, 5.74) is 7.65. The summed E-state index contributed by atoms with van der Waals surface area (Å²) in [6, 6.07) is 1.68. The molecule has 0 radical (unpaired) electrons. The standard InChI is InChI=1S/C13H16ClN3O2S/c1-3-9-11(14)10(17(4-2)16-9)7-19-13(18)12-8(15)5-6-20-12/h5-6H,3-4,7,15H2,1-2H3. The van der Waals surface area contributed by atoms with Gasteiger partial charge in [-0.05, 0) is 24.8 Å². The van der Waals surface area contributed by atoms with E-state index in [0.29, 0.717) is 22.1 Å². The lowest BCUT2D eigenvalue weighted by molar-refractivity contribution is 0.0469. The van der Waals surface area contributed by atoms with E-state index in [1.54, 1.807) is 16.1 Å². The highest BCUT2D eigenvalue weighted by Crippen LogP contribution is 2.24. The van der Waals surface area contributed by atoms with Gasteiger partial charge in [0.15, 0.2) is 0 Å². The summed E-state index contributed by atoms with van der Waals surface area (Å²) in [5.74, 6) is -0.435. The maximum absolute atomic E-state index is 11.9. The topological polar surface area (TPSA) is 70.1 Å². The molecule has 108 valence electrons. The number of hydrogen-bond donors (Lipinski definition) is 1. The van der Waals surface area contributed by atoms with Gasteiger partial charge < -0.3 is 10.5 Å². The molecule has 0 bridgehead atoms. The van der Waals surface area contributed by atoms with E-state index in [-0.39, 0.29) is 6.61 Å². The second-order valence-electron chi connectivity index (χ2n) is 4.16. The summed E-state index contributed by atoms with van der Waals surface area (Å²) in [6.45, 7) is 4.71. The first-order chi connectivity index (χ1) is 9.58. The first kappa shape index (κ1) is 14.9. The molecule has 2 heterocycles. The van der Waals surface area contributed by atoms with Gasteiger partial charge in [-0.3, -0.25) is 4.68 Å². The first-order valence-corrected chi connectivity index (χ1v) is 7.58. The summed E-state index contributed by atoms with van der Waals surface area (Å²) >= 11 is 7.51. The van der Waals surface area contributed by atoms with Crippen LogP contribution in [0.25, 0.3) is 0 Å². The van der Waals surface area contributed by atoms with Crippen LogP contribution in [0.3, 0.4) is 0 Å². The fraction of sp³-hybridized carbons (Fsp3) is 0.385. The number of rotatable bonds is 5. The highest BCUT2D eigenvalue weighted by Gasteiger charge is 2.18. The number of anilines is 1. The van der Waals surface area contributed by atoms with E-state index in [4.69, 9.17) is 22.1 Å². The Balaban J connectivity index is 2.13. The van der Waals surface area contributed by atoms with Crippen LogP contribution in [-0.2, 0) is 24.3 Å². The van der Waals surface area contributed by atoms with E-state index in [9.17, 15) is 4.79 Å². The summed E-state index contributed by atoms with van der Waals surface area (Å²) in [7, 11) is 0. The largest absolute Gasteiger partial charge is 0.455 e. The molecule has 7 heteroatoms. The van der Waals surface area contributed by atoms with E-state index >= 15 is 0 Å². The van der Waals surface area contributed by atoms with Crippen LogP contribution >= 0.6 is 22.9 Å². The van der Waals surface area contributed by atoms with Crippen molar-refractivity contribution in [3.05, 3.63) is 32.7 Å². The molecular weight excluding hydrogens is 298 g/mol. The molecule has 0 fully saturated rings. The van der Waals surface area contributed by atoms with Crippen molar-refractivity contribution in [1.82, 2.24) is 9.78 Å². The molecule has 2 aromatic heterocycles. The minimum absolute atomic E-state index is 0.0931. The lowest BCUT2D eigenvalue weighted by atomic mass is 10.3. The number of aromatic nitrogens is 2. The highest BCUT2D eigenvalue weighted by atomic mass is 35.5. The molecule has 0 aliphatic heterocycles. The van der Waals surface area contributed by atoms with Crippen LogP contribution in [-0.4, -0.2) is 15.7 Å². The Hall–Kier alpha value is -1.53. The lowest BCUT2D eigenvalue weighted by Crippen LogP contribution is -2.09. The molecule has 2 aromatic rings. The van der Waals surface area contributed by atoms with Crippen molar-refractivity contribution in [1.29, 1.82) is 0 Å². The van der Waals surface area contributed by atoms with Crippen LogP contribution < -0.4 is 5.73 Å². The third-order valence-electron chi connectivity index (χ3n) is 2.92. The molecule has 0 unspecified atom stereocenters. The van der Waals surface area contributed by atoms with Crippen molar-refractivity contribution in [3.8, 4) is 0 Å². The normalized spacial score (nSPS) is 10.8. The average Bonchev–Trinajstić information content (AvgIpc) is 3.00. The molecular formula is C13H16ClN3O2S. The molecule has 0 aliphatic carbocycles. The number of hydrogen-bond acceptors (Lipinski definition) is 5. The van der Waals surface area contributed by atoms with Gasteiger partial charge in [0.1, 0.15) is 11.5 Å². The van der Waals surface area contributed by atoms with Gasteiger partial charge in [0, 0.05) is 6.54 Å². The fourth-order valence-corrected chi connectivity index (χ4v) is 2.87. The Morgan fingerprint density at radius 2 is 2.30 bits per heavy atom. The van der Waals surface area contributed by atoms with Crippen molar-refractivity contribution < 1.29 is 9.53 Å². The molecule has 0 saturated heterocycles. The third-order valence-corrected chi connectivity index (χ3v) is 4.26. The third kappa shape index (κ3) is 2.81. The van der Waals surface area contributed by atoms with Crippen molar-refractivity contribution in [2.45, 2.75) is 33.4 Å². The number of nitrogens with zero attached hydrogens (tertiary/aromatic N) is 2. The summed E-state index contributed by atoms with van der Waals surface area (Å²) in [5, 5.41) is 6.70. The van der Waals surface area contributed by atoms with Crippen molar-refractivity contribution in [2.24, 2.45) is 0 Å². The molecule has 0 amide bonds. The molecule has 0 aromatic carbocycles. The van der Waals surface area contributed by atoms with E-state index in [1.807, 2.05) is 13.8 Å². The molecule has 2 rings (SSSR count). The van der Waals surface area contributed by atoms with Gasteiger partial charge in [0.2, 0.25) is 0 Å². The Labute approximate surface area is 126 Å². The van der Waals surface area contributed by atoms with Crippen LogP contribution in [0.2, 0.25) is 5.02 Å². The fourth-order valence-electron chi connectivity index (χ4n) is 1.84. The van der Waals surface area contributed by atoms with Crippen LogP contribution in [0.15, 0.2) is 11.4 Å². The summed E-state index contributed by atoms with van der Waals surface area (Å²) in [4.78, 5) is 12.3. The maximum Gasteiger partial charge on any atom is 0.350 e. The van der Waals surface area contributed by atoms with E-state index in [1.165, 1.54) is 11.3 Å². The number of carbonyl (C=O) groups is 1. The number of carbonyl (C=O) groups excluding carboxylic acids is 1. The van der Waals surface area contributed by atoms with Crippen molar-refractivity contribution in [3.63, 3.8) is 0 Å². The van der Waals surface area contributed by atoms with Gasteiger partial charge in [-0.15, -0.1) is 11.3 Å². The first-order valence-electron chi connectivity index (χ1n) is 6.32. The molecule has 0 atom stereocenters. The number of esters is 1. The highest BCUT2D eigenvalue weighted by molar-refractivity contribution is 7.12. The van der Waals surface area contributed by atoms with Crippen LogP contribution in [0, 0.1) is 0 Å². The smallest absolute Gasteiger partial charge is 0.350 e. The number of thiophene rings is 1. The van der Waals surface area contributed by atoms with Gasteiger partial charge in [0.25, 0.3) is 0 Å². The van der Waals surface area contributed by atoms with Gasteiger partial charge in [-0.2, -0.15) is 5.10 Å². The lowest BCUT2D eigenvalue weighted by Gasteiger charge is -2.06. The Bertz CT molecular complexity index is 621. The second-order valence-corrected chi connectivity index (χ2v) is 5.45. The van der Waals surface area contributed by atoms with Gasteiger partial charge in [0.05, 0.1) is 22.1 Å². The average molecular weight is 314 g/mol. The van der Waals surface area contributed by atoms with Crippen LogP contribution in [0.4, 0.5) is 5.69 Å². The zero-order valence-electron chi connectivity index (χ0n) is 11.4. The second kappa shape index (κ2) is 6.28. The zero-order valence-corrected chi connectivity index (χ0v) is 12.9. The number of halogens is 1. The molecule has 0 saturated carbocycles. The maximum atomic E-state index is 11.9. The molecule has 0 aliphatic rings. The number of ether oxygens (including phenoxy) is 1. The van der Waals surface area contributed by atoms with E-state index in [0.717, 1.165) is 17.8 Å². The minimum atomic E-state index is -0.435. The predicted molar refractivity (Wildman–Crippen MR) is 80.1 cm³/mol. The predicted octanol–water partition coefficient (Wildman–Crippen LogP) is 3.12. The van der Waals surface area contributed by atoms with E-state index < -0.39 is 5.97 Å². The zero-order chi connectivity index (χ0) is 14.7. The van der Waals surface area contributed by atoms with Gasteiger partial charge in [-0.25, -0.2) is 4.79 Å². The molecule has 0 spiro atoms. The van der Waals surface area contributed by atoms with E-state index in [2.05, 4.69) is 5.10 Å². The van der Waals surface area contributed by atoms with Gasteiger partial charge in [-0.1, -0.05) is 18.5 Å². The summed E-state index contributed by atoms with van der Waals surface area (Å²) < 4.78 is 7.04. The van der Waals surface area contributed by atoms with Crippen molar-refractivity contribution >= 4 is 34.6 Å². The monoisotopic (exact) mass is 313 g/mol. The number of aryl methyl sites for hydroxylation is 2. The number of nitrogen functional groups attached to an aromatic ring is 1.